The van der Waals surface area contributed by atoms with Gasteiger partial charge in [-0.1, -0.05) is 27.5 Å². The van der Waals surface area contributed by atoms with Gasteiger partial charge in [-0.05, 0) is 43.3 Å². The zero-order chi connectivity index (χ0) is 17.7. The molecule has 0 aliphatic carbocycles. The Labute approximate surface area is 153 Å². The predicted molar refractivity (Wildman–Crippen MR) is 96.3 cm³/mol. The second kappa shape index (κ2) is 8.17. The first kappa shape index (κ1) is 18.3. The van der Waals surface area contributed by atoms with Crippen molar-refractivity contribution >= 4 is 44.9 Å². The molecule has 24 heavy (non-hydrogen) atoms. The summed E-state index contributed by atoms with van der Waals surface area (Å²) in [6, 6.07) is 9.91. The van der Waals surface area contributed by atoms with Crippen LogP contribution in [0.3, 0.4) is 0 Å². The van der Waals surface area contributed by atoms with Gasteiger partial charge in [-0.25, -0.2) is 0 Å². The Kier molecular flexibility index (Phi) is 6.23. The van der Waals surface area contributed by atoms with E-state index in [-0.39, 0.29) is 12.4 Å². The number of amides is 1. The second-order valence-electron chi connectivity index (χ2n) is 4.88. The molecule has 0 bridgehead atoms. The Morgan fingerprint density at radius 1 is 1.17 bits per heavy atom. The number of anilines is 1. The van der Waals surface area contributed by atoms with E-state index in [2.05, 4.69) is 21.2 Å². The van der Waals surface area contributed by atoms with Crippen LogP contribution in [-0.4, -0.2) is 25.4 Å². The number of halogens is 2. The Morgan fingerprint density at radius 3 is 2.58 bits per heavy atom. The SMILES string of the molecule is COc1ccc(Cl)cc1NC(=O)COc1cc(Br)ccc1C(C)=O. The molecule has 2 aromatic carbocycles. The number of methoxy groups -OCH3 is 1. The Morgan fingerprint density at radius 2 is 1.92 bits per heavy atom. The molecular formula is C17H15BrClNO4. The molecule has 0 saturated heterocycles. The van der Waals surface area contributed by atoms with Gasteiger partial charge in [0.05, 0.1) is 18.4 Å². The van der Waals surface area contributed by atoms with Crippen LogP contribution in [0.25, 0.3) is 0 Å². The first-order valence-electron chi connectivity index (χ1n) is 6.97. The largest absolute Gasteiger partial charge is 0.495 e. The minimum Gasteiger partial charge on any atom is -0.495 e. The maximum Gasteiger partial charge on any atom is 0.262 e. The number of ether oxygens (including phenoxy) is 2. The molecule has 2 aromatic rings. The van der Waals surface area contributed by atoms with Crippen molar-refractivity contribution < 1.29 is 19.1 Å². The molecule has 1 amide bonds. The molecule has 7 heteroatoms. The minimum atomic E-state index is -0.398. The molecule has 0 spiro atoms. The summed E-state index contributed by atoms with van der Waals surface area (Å²) >= 11 is 9.23. The fourth-order valence-electron chi connectivity index (χ4n) is 2.01. The van der Waals surface area contributed by atoms with Gasteiger partial charge < -0.3 is 14.8 Å². The van der Waals surface area contributed by atoms with Gasteiger partial charge in [0.2, 0.25) is 0 Å². The first-order valence-corrected chi connectivity index (χ1v) is 8.14. The third-order valence-electron chi connectivity index (χ3n) is 3.12. The fourth-order valence-corrected chi connectivity index (χ4v) is 2.53. The van der Waals surface area contributed by atoms with Crippen LogP contribution in [0, 0.1) is 0 Å². The molecular weight excluding hydrogens is 398 g/mol. The summed E-state index contributed by atoms with van der Waals surface area (Å²) < 4.78 is 11.4. The van der Waals surface area contributed by atoms with E-state index in [1.54, 1.807) is 36.4 Å². The maximum absolute atomic E-state index is 12.1. The van der Waals surface area contributed by atoms with Crippen LogP contribution in [-0.2, 0) is 4.79 Å². The Balaban J connectivity index is 2.08. The number of Topliss-reactive ketones (excluding diaryl/α,β-unsaturated/α-hetero) is 1. The lowest BCUT2D eigenvalue weighted by Gasteiger charge is -2.12. The van der Waals surface area contributed by atoms with Crippen LogP contribution < -0.4 is 14.8 Å². The first-order chi connectivity index (χ1) is 11.4. The summed E-state index contributed by atoms with van der Waals surface area (Å²) in [7, 11) is 1.50. The molecule has 0 aromatic heterocycles. The van der Waals surface area contributed by atoms with E-state index in [1.165, 1.54) is 14.0 Å². The number of ketones is 1. The van der Waals surface area contributed by atoms with Crippen LogP contribution in [0.2, 0.25) is 5.02 Å². The van der Waals surface area contributed by atoms with E-state index in [0.29, 0.717) is 27.8 Å². The smallest absolute Gasteiger partial charge is 0.262 e. The van der Waals surface area contributed by atoms with Crippen molar-refractivity contribution in [2.45, 2.75) is 6.92 Å². The van der Waals surface area contributed by atoms with E-state index in [1.807, 2.05) is 0 Å². The standard InChI is InChI=1S/C17H15BrClNO4/c1-10(21)13-5-3-11(18)7-16(13)24-9-17(22)20-14-8-12(19)4-6-15(14)23-2/h3-8H,9H2,1-2H3,(H,20,22). The zero-order valence-corrected chi connectivity index (χ0v) is 15.4. The summed E-state index contributed by atoms with van der Waals surface area (Å²) in [5, 5.41) is 3.14. The van der Waals surface area contributed by atoms with E-state index < -0.39 is 5.91 Å². The zero-order valence-electron chi connectivity index (χ0n) is 13.1. The monoisotopic (exact) mass is 411 g/mol. The third-order valence-corrected chi connectivity index (χ3v) is 3.85. The minimum absolute atomic E-state index is 0.144. The molecule has 0 fully saturated rings. The average Bonchev–Trinajstić information content (AvgIpc) is 2.53. The molecule has 0 radical (unpaired) electrons. The molecule has 126 valence electrons. The number of hydrogen-bond acceptors (Lipinski definition) is 4. The molecule has 0 saturated carbocycles. The Bertz CT molecular complexity index is 779. The highest BCUT2D eigenvalue weighted by Crippen LogP contribution is 2.28. The number of benzene rings is 2. The molecule has 0 aliphatic rings. The molecule has 0 heterocycles. The fraction of sp³-hybridized carbons (Fsp3) is 0.176. The maximum atomic E-state index is 12.1. The molecule has 2 rings (SSSR count). The summed E-state index contributed by atoms with van der Waals surface area (Å²) in [6.45, 7) is 1.18. The predicted octanol–water partition coefficient (Wildman–Crippen LogP) is 4.33. The van der Waals surface area contributed by atoms with Gasteiger partial charge in [0.1, 0.15) is 11.5 Å². The van der Waals surface area contributed by atoms with Crippen molar-refractivity contribution in [3.63, 3.8) is 0 Å². The van der Waals surface area contributed by atoms with E-state index in [4.69, 9.17) is 21.1 Å². The molecule has 0 aliphatic heterocycles. The molecule has 0 atom stereocenters. The van der Waals surface area contributed by atoms with Crippen LogP contribution in [0.1, 0.15) is 17.3 Å². The lowest BCUT2D eigenvalue weighted by atomic mass is 10.1. The van der Waals surface area contributed by atoms with Crippen molar-refractivity contribution in [3.8, 4) is 11.5 Å². The highest BCUT2D eigenvalue weighted by Gasteiger charge is 2.13. The van der Waals surface area contributed by atoms with Crippen molar-refractivity contribution in [3.05, 3.63) is 51.5 Å². The summed E-state index contributed by atoms with van der Waals surface area (Å²) in [4.78, 5) is 23.7. The number of hydrogen-bond donors (Lipinski definition) is 1. The van der Waals surface area contributed by atoms with Crippen LogP contribution in [0.4, 0.5) is 5.69 Å². The van der Waals surface area contributed by atoms with E-state index >= 15 is 0 Å². The highest BCUT2D eigenvalue weighted by molar-refractivity contribution is 9.10. The van der Waals surface area contributed by atoms with Crippen molar-refractivity contribution in [1.29, 1.82) is 0 Å². The molecule has 1 N–H and O–H groups in total. The van der Waals surface area contributed by atoms with Crippen LogP contribution >= 0.6 is 27.5 Å². The number of carbonyl (C=O) groups is 2. The summed E-state index contributed by atoms with van der Waals surface area (Å²) in [5.74, 6) is 0.282. The van der Waals surface area contributed by atoms with Gasteiger partial charge in [0.15, 0.2) is 12.4 Å². The van der Waals surface area contributed by atoms with Crippen molar-refractivity contribution in [1.82, 2.24) is 0 Å². The quantitative estimate of drug-likeness (QED) is 0.717. The molecule has 5 nitrogen and oxygen atoms in total. The van der Waals surface area contributed by atoms with E-state index in [9.17, 15) is 9.59 Å². The number of carbonyl (C=O) groups excluding carboxylic acids is 2. The second-order valence-corrected chi connectivity index (χ2v) is 6.23. The van der Waals surface area contributed by atoms with Gasteiger partial charge in [0, 0.05) is 9.50 Å². The van der Waals surface area contributed by atoms with Gasteiger partial charge in [-0.3, -0.25) is 9.59 Å². The Hall–Kier alpha value is -2.05. The van der Waals surface area contributed by atoms with Gasteiger partial charge >= 0.3 is 0 Å². The summed E-state index contributed by atoms with van der Waals surface area (Å²) in [6.07, 6.45) is 0. The lowest BCUT2D eigenvalue weighted by Crippen LogP contribution is -2.21. The van der Waals surface area contributed by atoms with Crippen LogP contribution in [0.5, 0.6) is 11.5 Å². The lowest BCUT2D eigenvalue weighted by molar-refractivity contribution is -0.118. The van der Waals surface area contributed by atoms with Crippen molar-refractivity contribution in [2.24, 2.45) is 0 Å². The normalized spacial score (nSPS) is 10.2. The van der Waals surface area contributed by atoms with Gasteiger partial charge in [-0.15, -0.1) is 0 Å². The van der Waals surface area contributed by atoms with Gasteiger partial charge in [-0.2, -0.15) is 0 Å². The summed E-state index contributed by atoms with van der Waals surface area (Å²) in [5.41, 5.74) is 0.853. The third kappa shape index (κ3) is 4.72. The van der Waals surface area contributed by atoms with E-state index in [0.717, 1.165) is 4.47 Å². The van der Waals surface area contributed by atoms with Crippen molar-refractivity contribution in [2.75, 3.05) is 19.0 Å². The topological polar surface area (TPSA) is 64.6 Å². The van der Waals surface area contributed by atoms with Crippen LogP contribution in [0.15, 0.2) is 40.9 Å². The highest BCUT2D eigenvalue weighted by atomic mass is 79.9. The average molecular weight is 413 g/mol. The number of rotatable bonds is 6. The number of nitrogens with one attached hydrogen (secondary N) is 1. The molecule has 0 unspecified atom stereocenters. The van der Waals surface area contributed by atoms with Gasteiger partial charge in [0.25, 0.3) is 5.91 Å².